The van der Waals surface area contributed by atoms with E-state index in [1.807, 2.05) is 6.92 Å². The van der Waals surface area contributed by atoms with Crippen LogP contribution in [0.3, 0.4) is 0 Å². The highest BCUT2D eigenvalue weighted by molar-refractivity contribution is 7.86. The molecule has 0 aromatic rings. The Morgan fingerprint density at radius 2 is 1.71 bits per heavy atom. The van der Waals surface area contributed by atoms with Crippen molar-refractivity contribution in [1.82, 2.24) is 13.9 Å². The van der Waals surface area contributed by atoms with Gasteiger partial charge in [0.25, 0.3) is 10.2 Å². The molecule has 1 N–H and O–H groups in total. The average Bonchev–Trinajstić information content (AvgIpc) is 3.28. The van der Waals surface area contributed by atoms with Crippen LogP contribution in [0.2, 0.25) is 0 Å². The van der Waals surface area contributed by atoms with Crippen LogP contribution >= 0.6 is 0 Å². The first kappa shape index (κ1) is 17.2. The van der Waals surface area contributed by atoms with Crippen molar-refractivity contribution >= 4 is 10.2 Å². The van der Waals surface area contributed by atoms with Crippen LogP contribution in [0.4, 0.5) is 0 Å². The van der Waals surface area contributed by atoms with Crippen LogP contribution in [0.1, 0.15) is 46.5 Å². The van der Waals surface area contributed by atoms with E-state index >= 15 is 0 Å². The third kappa shape index (κ3) is 4.41. The fourth-order valence-corrected chi connectivity index (χ4v) is 4.64. The second-order valence-corrected chi connectivity index (χ2v) is 9.00. The topological polar surface area (TPSA) is 52.7 Å². The predicted molar refractivity (Wildman–Crippen MR) is 86.3 cm³/mol. The number of piperidine rings is 1. The SMILES string of the molecule is CC(C)NCC1CCN(S(=O)(=O)N(C)C(C)C2CC2)CC1. The molecule has 1 saturated heterocycles. The van der Waals surface area contributed by atoms with Gasteiger partial charge < -0.3 is 5.32 Å². The monoisotopic (exact) mass is 317 g/mol. The molecule has 1 saturated carbocycles. The second-order valence-electron chi connectivity index (χ2n) is 7.01. The van der Waals surface area contributed by atoms with E-state index in [2.05, 4.69) is 19.2 Å². The Hall–Kier alpha value is -0.170. The second kappa shape index (κ2) is 6.94. The molecule has 0 aromatic carbocycles. The summed E-state index contributed by atoms with van der Waals surface area (Å²) >= 11 is 0. The van der Waals surface area contributed by atoms with E-state index in [0.717, 1.165) is 19.4 Å². The van der Waals surface area contributed by atoms with E-state index < -0.39 is 10.2 Å². The molecule has 2 aliphatic rings. The van der Waals surface area contributed by atoms with Crippen molar-refractivity contribution in [1.29, 1.82) is 0 Å². The van der Waals surface area contributed by atoms with E-state index in [9.17, 15) is 8.42 Å². The van der Waals surface area contributed by atoms with Crippen molar-refractivity contribution in [2.24, 2.45) is 11.8 Å². The summed E-state index contributed by atoms with van der Waals surface area (Å²) < 4.78 is 28.6. The van der Waals surface area contributed by atoms with Gasteiger partial charge in [-0.05, 0) is 51.0 Å². The van der Waals surface area contributed by atoms with E-state index in [1.54, 1.807) is 15.7 Å². The average molecular weight is 317 g/mol. The van der Waals surface area contributed by atoms with Crippen molar-refractivity contribution in [2.45, 2.75) is 58.5 Å². The lowest BCUT2D eigenvalue weighted by Crippen LogP contribution is -2.49. The minimum absolute atomic E-state index is 0.135. The molecule has 1 aliphatic carbocycles. The molecular formula is C15H31N3O2S. The van der Waals surface area contributed by atoms with Gasteiger partial charge >= 0.3 is 0 Å². The lowest BCUT2D eigenvalue weighted by Gasteiger charge is -2.36. The summed E-state index contributed by atoms with van der Waals surface area (Å²) in [6.45, 7) is 8.65. The lowest BCUT2D eigenvalue weighted by molar-refractivity contribution is 0.240. The Morgan fingerprint density at radius 1 is 1.14 bits per heavy atom. The Kier molecular flexibility index (Phi) is 5.68. The number of nitrogens with zero attached hydrogens (tertiary/aromatic N) is 2. The molecule has 1 unspecified atom stereocenters. The highest BCUT2D eigenvalue weighted by Gasteiger charge is 2.38. The van der Waals surface area contributed by atoms with Gasteiger partial charge in [-0.3, -0.25) is 0 Å². The van der Waals surface area contributed by atoms with E-state index in [0.29, 0.717) is 31.0 Å². The Morgan fingerprint density at radius 3 is 2.19 bits per heavy atom. The summed E-state index contributed by atoms with van der Waals surface area (Å²) in [4.78, 5) is 0. The molecule has 5 nitrogen and oxygen atoms in total. The third-order valence-corrected chi connectivity index (χ3v) is 7.03. The quantitative estimate of drug-likeness (QED) is 0.777. The van der Waals surface area contributed by atoms with Crippen molar-refractivity contribution in [3.8, 4) is 0 Å². The van der Waals surface area contributed by atoms with Gasteiger partial charge in [-0.25, -0.2) is 0 Å². The van der Waals surface area contributed by atoms with Crippen LogP contribution in [0.15, 0.2) is 0 Å². The molecule has 21 heavy (non-hydrogen) atoms. The summed E-state index contributed by atoms with van der Waals surface area (Å²) in [6.07, 6.45) is 4.27. The number of nitrogens with one attached hydrogen (secondary N) is 1. The van der Waals surface area contributed by atoms with Crippen LogP contribution in [0, 0.1) is 11.8 Å². The molecule has 1 heterocycles. The standard InChI is InChI=1S/C15H31N3O2S/c1-12(2)16-11-14-7-9-18(10-8-14)21(19,20)17(4)13(3)15-5-6-15/h12-16H,5-11H2,1-4H3. The van der Waals surface area contributed by atoms with E-state index in [1.165, 1.54) is 12.8 Å². The molecule has 2 fully saturated rings. The molecule has 0 spiro atoms. The highest BCUT2D eigenvalue weighted by atomic mass is 32.2. The first-order valence-corrected chi connectivity index (χ1v) is 9.68. The molecule has 1 atom stereocenters. The van der Waals surface area contributed by atoms with Crippen molar-refractivity contribution in [3.05, 3.63) is 0 Å². The number of rotatable bonds is 7. The number of hydrogen-bond donors (Lipinski definition) is 1. The molecule has 0 radical (unpaired) electrons. The maximum Gasteiger partial charge on any atom is 0.281 e. The maximum atomic E-state index is 12.7. The van der Waals surface area contributed by atoms with E-state index in [-0.39, 0.29) is 6.04 Å². The largest absolute Gasteiger partial charge is 0.314 e. The van der Waals surface area contributed by atoms with Gasteiger partial charge in [0.1, 0.15) is 0 Å². The fourth-order valence-electron chi connectivity index (χ4n) is 3.01. The van der Waals surface area contributed by atoms with Crippen LogP contribution in [0.25, 0.3) is 0 Å². The fraction of sp³-hybridized carbons (Fsp3) is 1.00. The summed E-state index contributed by atoms with van der Waals surface area (Å²) in [5, 5.41) is 3.45. The summed E-state index contributed by atoms with van der Waals surface area (Å²) in [5.74, 6) is 1.17. The van der Waals surface area contributed by atoms with Crippen LogP contribution in [0.5, 0.6) is 0 Å². The zero-order chi connectivity index (χ0) is 15.6. The minimum Gasteiger partial charge on any atom is -0.314 e. The third-order valence-electron chi connectivity index (χ3n) is 4.96. The molecule has 1 aliphatic heterocycles. The molecule has 124 valence electrons. The first-order valence-electron chi connectivity index (χ1n) is 8.29. The van der Waals surface area contributed by atoms with Gasteiger partial charge in [0.2, 0.25) is 0 Å². The first-order chi connectivity index (χ1) is 9.82. The highest BCUT2D eigenvalue weighted by Crippen LogP contribution is 2.36. The van der Waals surface area contributed by atoms with Crippen LogP contribution in [-0.4, -0.2) is 55.8 Å². The molecule has 0 amide bonds. The zero-order valence-corrected chi connectivity index (χ0v) is 14.7. The van der Waals surface area contributed by atoms with Gasteiger partial charge in [-0.2, -0.15) is 17.0 Å². The van der Waals surface area contributed by atoms with Gasteiger partial charge in [-0.1, -0.05) is 13.8 Å². The van der Waals surface area contributed by atoms with Gasteiger partial charge in [0.05, 0.1) is 0 Å². The smallest absolute Gasteiger partial charge is 0.281 e. The Labute approximate surface area is 130 Å². The molecular weight excluding hydrogens is 286 g/mol. The molecule has 6 heteroatoms. The van der Waals surface area contributed by atoms with Gasteiger partial charge in [0.15, 0.2) is 0 Å². The normalized spacial score (nSPS) is 23.9. The molecule has 0 aromatic heterocycles. The molecule has 0 bridgehead atoms. The predicted octanol–water partition coefficient (Wildman–Crippen LogP) is 1.67. The van der Waals surface area contributed by atoms with Crippen molar-refractivity contribution in [3.63, 3.8) is 0 Å². The minimum atomic E-state index is -3.27. The van der Waals surface area contributed by atoms with Crippen molar-refractivity contribution in [2.75, 3.05) is 26.7 Å². The van der Waals surface area contributed by atoms with Crippen molar-refractivity contribution < 1.29 is 8.42 Å². The molecule has 2 rings (SSSR count). The van der Waals surface area contributed by atoms with E-state index in [4.69, 9.17) is 0 Å². The van der Waals surface area contributed by atoms with Gasteiger partial charge in [-0.15, -0.1) is 0 Å². The Bertz CT molecular complexity index is 426. The van der Waals surface area contributed by atoms with Crippen LogP contribution < -0.4 is 5.32 Å². The van der Waals surface area contributed by atoms with Gasteiger partial charge in [0, 0.05) is 32.2 Å². The lowest BCUT2D eigenvalue weighted by atomic mass is 9.98. The summed E-state index contributed by atoms with van der Waals surface area (Å²) in [6, 6.07) is 0.632. The zero-order valence-electron chi connectivity index (χ0n) is 13.9. The maximum absolute atomic E-state index is 12.7. The summed E-state index contributed by atoms with van der Waals surface area (Å²) in [7, 11) is -1.53. The Balaban J connectivity index is 1.85. The number of hydrogen-bond acceptors (Lipinski definition) is 3. The van der Waals surface area contributed by atoms with Crippen LogP contribution in [-0.2, 0) is 10.2 Å². The summed E-state index contributed by atoms with van der Waals surface area (Å²) in [5.41, 5.74) is 0.